The number of benzene rings is 2. The number of carbonyl (C=O) groups excluding carboxylic acids is 1. The van der Waals surface area contributed by atoms with E-state index in [1.54, 1.807) is 7.11 Å². The van der Waals surface area contributed by atoms with Gasteiger partial charge in [-0.05, 0) is 48.1 Å². The lowest BCUT2D eigenvalue weighted by Crippen LogP contribution is -2.53. The molecule has 0 N–H and O–H groups in total. The zero-order valence-corrected chi connectivity index (χ0v) is 15.3. The Hall–Kier alpha value is -2.33. The van der Waals surface area contributed by atoms with E-state index in [-0.39, 0.29) is 5.91 Å². The van der Waals surface area contributed by atoms with Crippen LogP contribution >= 0.6 is 0 Å². The van der Waals surface area contributed by atoms with Gasteiger partial charge in [-0.1, -0.05) is 30.3 Å². The first kappa shape index (κ1) is 17.1. The van der Waals surface area contributed by atoms with Gasteiger partial charge < -0.3 is 9.64 Å². The second-order valence-electron chi connectivity index (χ2n) is 7.59. The van der Waals surface area contributed by atoms with E-state index in [4.69, 9.17) is 4.74 Å². The van der Waals surface area contributed by atoms with Gasteiger partial charge in [0, 0.05) is 38.3 Å². The molecule has 4 rings (SSSR count). The number of carbonyl (C=O) groups is 1. The number of hydrogen-bond acceptors (Lipinski definition) is 3. The van der Waals surface area contributed by atoms with Crippen molar-refractivity contribution in [1.29, 1.82) is 0 Å². The van der Waals surface area contributed by atoms with E-state index < -0.39 is 0 Å². The first-order valence-corrected chi connectivity index (χ1v) is 9.41. The minimum absolute atomic E-state index is 0.152. The van der Waals surface area contributed by atoms with Crippen molar-refractivity contribution in [3.63, 3.8) is 0 Å². The van der Waals surface area contributed by atoms with Crippen molar-refractivity contribution in [2.24, 2.45) is 11.8 Å². The van der Waals surface area contributed by atoms with Gasteiger partial charge in [-0.15, -0.1) is 0 Å². The molecule has 2 saturated heterocycles. The first-order valence-electron chi connectivity index (χ1n) is 9.41. The molecule has 0 saturated carbocycles. The smallest absolute Gasteiger partial charge is 0.253 e. The van der Waals surface area contributed by atoms with Gasteiger partial charge in [0.05, 0.1) is 7.11 Å². The van der Waals surface area contributed by atoms with Gasteiger partial charge in [0.2, 0.25) is 0 Å². The van der Waals surface area contributed by atoms with Crippen molar-refractivity contribution < 1.29 is 9.53 Å². The summed E-state index contributed by atoms with van der Waals surface area (Å²) in [6.45, 7) is 4.91. The van der Waals surface area contributed by atoms with E-state index in [0.717, 1.165) is 44.0 Å². The molecule has 2 aliphatic rings. The molecule has 2 aromatic carbocycles. The fraction of sp³-hybridized carbons (Fsp3) is 0.409. The van der Waals surface area contributed by atoms with Crippen molar-refractivity contribution >= 4 is 5.91 Å². The Bertz CT molecular complexity index is 730. The van der Waals surface area contributed by atoms with Crippen LogP contribution in [0.4, 0.5) is 0 Å². The van der Waals surface area contributed by atoms with Crippen molar-refractivity contribution in [1.82, 2.24) is 9.80 Å². The molecule has 2 unspecified atom stereocenters. The topological polar surface area (TPSA) is 32.8 Å². The molecule has 4 heteroatoms. The van der Waals surface area contributed by atoms with E-state index in [1.165, 1.54) is 12.0 Å². The van der Waals surface area contributed by atoms with Gasteiger partial charge in [-0.25, -0.2) is 0 Å². The Labute approximate surface area is 155 Å². The van der Waals surface area contributed by atoms with Gasteiger partial charge in [-0.3, -0.25) is 9.69 Å². The highest BCUT2D eigenvalue weighted by molar-refractivity contribution is 5.94. The van der Waals surface area contributed by atoms with E-state index in [1.807, 2.05) is 24.3 Å². The second kappa shape index (κ2) is 7.50. The molecule has 0 radical (unpaired) electrons. The number of nitrogens with zero attached hydrogens (tertiary/aromatic N) is 2. The van der Waals surface area contributed by atoms with Gasteiger partial charge in [0.25, 0.3) is 5.91 Å². The van der Waals surface area contributed by atoms with Crippen LogP contribution in [0.15, 0.2) is 54.6 Å². The Morgan fingerprint density at radius 1 is 0.962 bits per heavy atom. The number of likely N-dealkylation sites (tertiary alicyclic amines) is 2. The molecule has 2 atom stereocenters. The maximum atomic E-state index is 12.9. The molecule has 26 heavy (non-hydrogen) atoms. The quantitative estimate of drug-likeness (QED) is 0.848. The molecule has 2 fully saturated rings. The third kappa shape index (κ3) is 3.75. The van der Waals surface area contributed by atoms with Crippen LogP contribution in [0.2, 0.25) is 0 Å². The van der Waals surface area contributed by atoms with E-state index in [2.05, 4.69) is 40.1 Å². The molecule has 2 bridgehead atoms. The Kier molecular flexibility index (Phi) is 4.93. The number of hydrogen-bond donors (Lipinski definition) is 0. The van der Waals surface area contributed by atoms with Gasteiger partial charge in [0.15, 0.2) is 0 Å². The lowest BCUT2D eigenvalue weighted by Gasteiger charge is -2.46. The molecule has 2 aliphatic heterocycles. The lowest BCUT2D eigenvalue weighted by atomic mass is 9.84. The van der Waals surface area contributed by atoms with Crippen molar-refractivity contribution in [3.8, 4) is 5.75 Å². The van der Waals surface area contributed by atoms with Crippen LogP contribution in [0.5, 0.6) is 5.75 Å². The third-order valence-corrected chi connectivity index (χ3v) is 5.53. The fourth-order valence-corrected chi connectivity index (χ4v) is 4.44. The maximum absolute atomic E-state index is 12.9. The summed E-state index contributed by atoms with van der Waals surface area (Å²) in [5, 5.41) is 0. The Morgan fingerprint density at radius 2 is 1.62 bits per heavy atom. The highest BCUT2D eigenvalue weighted by Gasteiger charge is 2.36. The molecule has 136 valence electrons. The van der Waals surface area contributed by atoms with Crippen LogP contribution < -0.4 is 4.74 Å². The summed E-state index contributed by atoms with van der Waals surface area (Å²) in [5.41, 5.74) is 2.13. The molecular weight excluding hydrogens is 324 g/mol. The van der Waals surface area contributed by atoms with Crippen LogP contribution in [0.25, 0.3) is 0 Å². The first-order chi connectivity index (χ1) is 12.7. The summed E-state index contributed by atoms with van der Waals surface area (Å²) < 4.78 is 5.19. The number of fused-ring (bicyclic) bond motifs is 2. The van der Waals surface area contributed by atoms with Crippen molar-refractivity contribution in [3.05, 3.63) is 65.7 Å². The predicted octanol–water partition coefficient (Wildman–Crippen LogP) is 3.29. The number of ether oxygens (including phenoxy) is 1. The Balaban J connectivity index is 1.39. The maximum Gasteiger partial charge on any atom is 0.253 e. The SMILES string of the molecule is COc1ccc(C(=O)N2CC3CC(CN(Cc4ccccc4)C3)C2)cc1. The Morgan fingerprint density at radius 3 is 2.23 bits per heavy atom. The zero-order valence-electron chi connectivity index (χ0n) is 15.3. The molecule has 0 aromatic heterocycles. The van der Waals surface area contributed by atoms with E-state index >= 15 is 0 Å². The summed E-state index contributed by atoms with van der Waals surface area (Å²) in [4.78, 5) is 17.5. The molecular formula is C22H26N2O2. The molecule has 2 aromatic rings. The van der Waals surface area contributed by atoms with Crippen LogP contribution in [-0.4, -0.2) is 49.0 Å². The molecule has 2 heterocycles. The summed E-state index contributed by atoms with van der Waals surface area (Å²) in [5.74, 6) is 2.09. The second-order valence-corrected chi connectivity index (χ2v) is 7.59. The van der Waals surface area contributed by atoms with Crippen LogP contribution in [0.1, 0.15) is 22.3 Å². The number of piperidine rings is 2. The van der Waals surface area contributed by atoms with E-state index in [0.29, 0.717) is 11.8 Å². The fourth-order valence-electron chi connectivity index (χ4n) is 4.44. The highest BCUT2D eigenvalue weighted by Crippen LogP contribution is 2.30. The van der Waals surface area contributed by atoms with Gasteiger partial charge in [-0.2, -0.15) is 0 Å². The zero-order chi connectivity index (χ0) is 17.9. The van der Waals surface area contributed by atoms with E-state index in [9.17, 15) is 4.79 Å². The molecule has 4 nitrogen and oxygen atoms in total. The average molecular weight is 350 g/mol. The standard InChI is InChI=1S/C22H26N2O2/c1-26-21-9-7-20(8-10-21)22(25)24-15-18-11-19(16-24)14-23(13-18)12-17-5-3-2-4-6-17/h2-10,18-19H,11-16H2,1H3. The third-order valence-electron chi connectivity index (χ3n) is 5.53. The van der Waals surface area contributed by atoms with Crippen LogP contribution in [0, 0.1) is 11.8 Å². The summed E-state index contributed by atoms with van der Waals surface area (Å²) in [6.07, 6.45) is 1.25. The minimum Gasteiger partial charge on any atom is -0.497 e. The average Bonchev–Trinajstić information content (AvgIpc) is 2.67. The highest BCUT2D eigenvalue weighted by atomic mass is 16.5. The minimum atomic E-state index is 0.152. The summed E-state index contributed by atoms with van der Waals surface area (Å²) >= 11 is 0. The van der Waals surface area contributed by atoms with Crippen LogP contribution in [0.3, 0.4) is 0 Å². The largest absolute Gasteiger partial charge is 0.497 e. The summed E-state index contributed by atoms with van der Waals surface area (Å²) in [7, 11) is 1.64. The normalized spacial score (nSPS) is 22.9. The molecule has 0 spiro atoms. The summed E-state index contributed by atoms with van der Waals surface area (Å²) in [6, 6.07) is 18.1. The number of rotatable bonds is 4. The number of amides is 1. The predicted molar refractivity (Wildman–Crippen MR) is 102 cm³/mol. The lowest BCUT2D eigenvalue weighted by molar-refractivity contribution is 0.0238. The monoisotopic (exact) mass is 350 g/mol. The van der Waals surface area contributed by atoms with Crippen LogP contribution in [-0.2, 0) is 6.54 Å². The van der Waals surface area contributed by atoms with Gasteiger partial charge >= 0.3 is 0 Å². The van der Waals surface area contributed by atoms with Gasteiger partial charge in [0.1, 0.15) is 5.75 Å². The molecule has 0 aliphatic carbocycles. The van der Waals surface area contributed by atoms with Crippen molar-refractivity contribution in [2.45, 2.75) is 13.0 Å². The number of methoxy groups -OCH3 is 1. The van der Waals surface area contributed by atoms with Crippen molar-refractivity contribution in [2.75, 3.05) is 33.3 Å². The molecule has 1 amide bonds.